The lowest BCUT2D eigenvalue weighted by atomic mass is 9.94. The number of carbonyl (C=O) groups is 3. The van der Waals surface area contributed by atoms with Crippen molar-refractivity contribution in [3.8, 4) is 0 Å². The Morgan fingerprint density at radius 2 is 0.750 bits per heavy atom. The molecular weight excluding hydrogens is 1230 g/mol. The second-order valence-electron chi connectivity index (χ2n) is 24.1. The molecule has 3 amide bonds. The summed E-state index contributed by atoms with van der Waals surface area (Å²) in [5, 5.41) is 6.93. The van der Waals surface area contributed by atoms with E-state index in [-0.39, 0.29) is 85.9 Å². The SMILES string of the molecule is CN1CCC(Br)C1=O.C[C@H]1C[C@@H](N)CN(c2ccc(C(F)(F)F)c3nccnc23)C1.C[C@H]1C[C@@H](NC2CCN(C)C2=O)CN(c2ccc(C(F)(F)F)c3nccnc23)C1.C[C@H]1C[C@@H](NC2CCN(C)C2=O)CN(c2ccc(C(F)(F)F)c3nccnc23)C1. The fourth-order valence-electron chi connectivity index (χ4n) is 12.8. The molecule has 12 rings (SSSR count). The first-order valence-corrected chi connectivity index (χ1v) is 30.3. The number of carbonyl (C=O) groups excluding carboxylic acids is 3. The van der Waals surface area contributed by atoms with Gasteiger partial charge in [-0.3, -0.25) is 44.3 Å². The highest BCUT2D eigenvalue weighted by Gasteiger charge is 2.40. The summed E-state index contributed by atoms with van der Waals surface area (Å²) in [5.74, 6) is 1.44. The minimum absolute atomic E-state index is 0.0118. The van der Waals surface area contributed by atoms with Gasteiger partial charge in [-0.2, -0.15) is 39.5 Å². The molecule has 6 aliphatic rings. The lowest BCUT2D eigenvalue weighted by Crippen LogP contribution is -2.53. The molecule has 6 aromatic rings. The highest BCUT2D eigenvalue weighted by molar-refractivity contribution is 9.10. The number of hydrogen-bond acceptors (Lipinski definition) is 15. The van der Waals surface area contributed by atoms with E-state index in [9.17, 15) is 53.9 Å². The van der Waals surface area contributed by atoms with E-state index in [4.69, 9.17) is 5.73 Å². The average molecular weight is 1300 g/mol. The Balaban J connectivity index is 0.000000149. The zero-order valence-corrected chi connectivity index (χ0v) is 51.3. The van der Waals surface area contributed by atoms with Crippen molar-refractivity contribution in [1.82, 2.24) is 55.2 Å². The molecule has 6 aliphatic heterocycles. The first-order chi connectivity index (χ1) is 41.5. The third kappa shape index (κ3) is 15.3. The average Bonchev–Trinajstić information content (AvgIpc) is 1.26. The van der Waals surface area contributed by atoms with Crippen LogP contribution in [0.25, 0.3) is 33.1 Å². The van der Waals surface area contributed by atoms with Crippen LogP contribution in [0.3, 0.4) is 0 Å². The summed E-state index contributed by atoms with van der Waals surface area (Å²) in [4.78, 5) is 71.1. The number of fused-ring (bicyclic) bond motifs is 3. The van der Waals surface area contributed by atoms with Crippen molar-refractivity contribution >= 4 is 83.8 Å². The lowest BCUT2D eigenvalue weighted by Gasteiger charge is -2.39. The smallest absolute Gasteiger partial charge is 0.368 e. The van der Waals surface area contributed by atoms with Crippen molar-refractivity contribution in [1.29, 1.82) is 0 Å². The first kappa shape index (κ1) is 65.7. The van der Waals surface area contributed by atoms with Gasteiger partial charge in [0.15, 0.2) is 0 Å². The van der Waals surface area contributed by atoms with Gasteiger partial charge in [-0.05, 0) is 92.7 Å². The number of rotatable bonds is 7. The molecule has 0 saturated carbocycles. The van der Waals surface area contributed by atoms with Crippen LogP contribution in [0.5, 0.6) is 0 Å². The van der Waals surface area contributed by atoms with Crippen molar-refractivity contribution in [3.63, 3.8) is 0 Å². The van der Waals surface area contributed by atoms with Crippen LogP contribution in [-0.4, -0.2) is 177 Å². The molecule has 18 nitrogen and oxygen atoms in total. The number of nitrogens with zero attached hydrogens (tertiary/aromatic N) is 12. The minimum Gasteiger partial charge on any atom is -0.368 e. The van der Waals surface area contributed by atoms with Gasteiger partial charge in [0.1, 0.15) is 33.1 Å². The van der Waals surface area contributed by atoms with Crippen LogP contribution in [0.15, 0.2) is 73.6 Å². The predicted octanol–water partition coefficient (Wildman–Crippen LogP) is 8.80. The second-order valence-corrected chi connectivity index (χ2v) is 25.2. The molecule has 9 atom stereocenters. The van der Waals surface area contributed by atoms with Gasteiger partial charge in [-0.15, -0.1) is 0 Å². The zero-order chi connectivity index (χ0) is 63.6. The summed E-state index contributed by atoms with van der Waals surface area (Å²) >= 11 is 3.25. The van der Waals surface area contributed by atoms with Gasteiger partial charge in [-0.25, -0.2) is 0 Å². The molecule has 0 radical (unpaired) electrons. The topological polar surface area (TPSA) is 198 Å². The largest absolute Gasteiger partial charge is 0.418 e. The van der Waals surface area contributed by atoms with Crippen LogP contribution in [0, 0.1) is 17.8 Å². The number of anilines is 3. The Bertz CT molecular complexity index is 3280. The van der Waals surface area contributed by atoms with E-state index in [1.54, 1.807) is 28.8 Å². The number of likely N-dealkylation sites (tertiary alicyclic amines) is 3. The third-order valence-electron chi connectivity index (χ3n) is 16.9. The molecule has 3 unspecified atom stereocenters. The van der Waals surface area contributed by atoms with E-state index in [0.717, 1.165) is 82.9 Å². The highest BCUT2D eigenvalue weighted by Crippen LogP contribution is 2.41. The summed E-state index contributed by atoms with van der Waals surface area (Å²) in [5.41, 5.74) is 6.11. The van der Waals surface area contributed by atoms with E-state index < -0.39 is 35.2 Å². The van der Waals surface area contributed by atoms with Crippen molar-refractivity contribution < 1.29 is 53.9 Å². The summed E-state index contributed by atoms with van der Waals surface area (Å²) < 4.78 is 120. The Hall–Kier alpha value is -6.78. The number of hydrogen-bond donors (Lipinski definition) is 3. The maximum atomic E-state index is 13.4. The van der Waals surface area contributed by atoms with E-state index in [0.29, 0.717) is 67.5 Å². The highest BCUT2D eigenvalue weighted by atomic mass is 79.9. The van der Waals surface area contributed by atoms with Crippen molar-refractivity contribution in [2.75, 3.05) is 94.7 Å². The number of piperidine rings is 3. The quantitative estimate of drug-likeness (QED) is 0.101. The van der Waals surface area contributed by atoms with Crippen LogP contribution < -0.4 is 31.1 Å². The molecule has 0 spiro atoms. The molecular formula is C60H73BrF9N15O3. The standard InChI is InChI=1S/2C20H24F3N5O.C15H17F3N4.C5H8BrNO/c2*1-12-9-13(26-15-5-8-27(2)19(15)29)11-28(10-12)16-4-3-14(20(21,22)23)17-18(16)25-7-6-24-17;1-9-6-10(19)8-22(7-9)12-3-2-11(15(16,17)18)13-14(12)21-5-4-20-13;1-7-3-2-4(6)5(7)8/h2*3-4,6-7,12-13,15,26H,5,8-11H2,1-2H3;2-5,9-10H,6-8,19H2,1H3;4H,2-3H2,1H3/t2*12-,13+,15?;9-,10+;/m000./s1. The number of amides is 3. The fourth-order valence-corrected chi connectivity index (χ4v) is 13.4. The van der Waals surface area contributed by atoms with Crippen LogP contribution >= 0.6 is 15.9 Å². The molecule has 88 heavy (non-hydrogen) atoms. The number of alkyl halides is 10. The van der Waals surface area contributed by atoms with Gasteiger partial charge in [0.2, 0.25) is 17.7 Å². The molecule has 28 heteroatoms. The lowest BCUT2D eigenvalue weighted by molar-refractivity contribution is -0.137. The molecule has 4 N–H and O–H groups in total. The maximum absolute atomic E-state index is 13.4. The number of likely N-dealkylation sites (N-methyl/N-ethyl adjacent to an activating group) is 2. The Morgan fingerprint density at radius 3 is 1.02 bits per heavy atom. The summed E-state index contributed by atoms with van der Waals surface area (Å²) in [7, 11) is 5.42. The maximum Gasteiger partial charge on any atom is 0.418 e. The van der Waals surface area contributed by atoms with Crippen LogP contribution in [0.4, 0.5) is 56.6 Å². The normalized spacial score (nSPS) is 25.5. The number of nitrogens with two attached hydrogens (primary N) is 1. The van der Waals surface area contributed by atoms with Gasteiger partial charge in [0.05, 0.1) is 50.7 Å². The monoisotopic (exact) mass is 1300 g/mol. The minimum atomic E-state index is -4.49. The molecule has 9 heterocycles. The van der Waals surface area contributed by atoms with Gasteiger partial charge in [0, 0.05) is 135 Å². The van der Waals surface area contributed by atoms with Crippen molar-refractivity contribution in [2.24, 2.45) is 23.5 Å². The fraction of sp³-hybridized carbons (Fsp3) is 0.550. The number of benzene rings is 3. The molecule has 6 saturated heterocycles. The predicted molar refractivity (Wildman–Crippen MR) is 320 cm³/mol. The van der Waals surface area contributed by atoms with Gasteiger partial charge in [-0.1, -0.05) is 36.7 Å². The molecule has 3 aromatic carbocycles. The van der Waals surface area contributed by atoms with Crippen LogP contribution in [-0.2, 0) is 32.9 Å². The Morgan fingerprint density at radius 1 is 0.443 bits per heavy atom. The van der Waals surface area contributed by atoms with E-state index in [1.807, 2.05) is 11.9 Å². The third-order valence-corrected chi connectivity index (χ3v) is 17.7. The summed E-state index contributed by atoms with van der Waals surface area (Å²) in [6.45, 7) is 12.7. The molecule has 0 aliphatic carbocycles. The number of aromatic nitrogens is 6. The first-order valence-electron chi connectivity index (χ1n) is 29.4. The number of halogens is 10. The second kappa shape index (κ2) is 27.1. The van der Waals surface area contributed by atoms with Crippen LogP contribution in [0.1, 0.15) is 76.0 Å². The molecule has 3 aromatic heterocycles. The summed E-state index contributed by atoms with van der Waals surface area (Å²) in [6, 6.07) is 7.49. The number of nitrogens with one attached hydrogen (secondary N) is 2. The van der Waals surface area contributed by atoms with Crippen molar-refractivity contribution in [2.45, 2.75) is 113 Å². The Kier molecular flexibility index (Phi) is 20.2. The van der Waals surface area contributed by atoms with E-state index >= 15 is 0 Å². The van der Waals surface area contributed by atoms with Crippen molar-refractivity contribution in [3.05, 3.63) is 90.3 Å². The van der Waals surface area contributed by atoms with Gasteiger partial charge < -0.3 is 45.8 Å². The zero-order valence-electron chi connectivity index (χ0n) is 49.7. The van der Waals surface area contributed by atoms with Gasteiger partial charge in [0.25, 0.3) is 0 Å². The van der Waals surface area contributed by atoms with E-state index in [1.165, 1.54) is 55.4 Å². The van der Waals surface area contributed by atoms with E-state index in [2.05, 4.69) is 87.0 Å². The van der Waals surface area contributed by atoms with Gasteiger partial charge >= 0.3 is 18.5 Å². The molecule has 6 fully saturated rings. The molecule has 476 valence electrons. The Labute approximate surface area is 512 Å². The summed E-state index contributed by atoms with van der Waals surface area (Å²) in [6.07, 6.45) is -0.0718. The molecule has 0 bridgehead atoms. The van der Waals surface area contributed by atoms with Crippen LogP contribution in [0.2, 0.25) is 0 Å².